The number of piperidine rings is 1. The number of oxazole rings is 1. The molecule has 0 radical (unpaired) electrons. The second-order valence-electron chi connectivity index (χ2n) is 5.27. The molecule has 0 saturated carbocycles. The van der Waals surface area contributed by atoms with Gasteiger partial charge in [-0.1, -0.05) is 6.07 Å². The van der Waals surface area contributed by atoms with E-state index in [9.17, 15) is 4.79 Å². The molecule has 102 valence electrons. The maximum absolute atomic E-state index is 11.5. The van der Waals surface area contributed by atoms with Crippen molar-refractivity contribution in [2.45, 2.75) is 18.9 Å². The monoisotopic (exact) mass is 261 g/mol. The minimum Gasteiger partial charge on any atom is -0.408 e. The average Bonchev–Trinajstić information content (AvgIpc) is 2.74. The highest BCUT2D eigenvalue weighted by atomic mass is 16.4. The van der Waals surface area contributed by atoms with Crippen LogP contribution in [-0.2, 0) is 7.05 Å². The van der Waals surface area contributed by atoms with Gasteiger partial charge in [0.1, 0.15) is 0 Å². The van der Waals surface area contributed by atoms with E-state index >= 15 is 0 Å². The Balaban J connectivity index is 1.94. The zero-order valence-electron chi connectivity index (χ0n) is 11.1. The van der Waals surface area contributed by atoms with E-state index in [4.69, 9.17) is 10.2 Å². The Morgan fingerprint density at radius 3 is 2.89 bits per heavy atom. The molecular weight excluding hydrogens is 242 g/mol. The summed E-state index contributed by atoms with van der Waals surface area (Å²) in [6.07, 6.45) is 2.19. The summed E-state index contributed by atoms with van der Waals surface area (Å²) in [7, 11) is 1.71. The molecule has 3 rings (SSSR count). The van der Waals surface area contributed by atoms with Gasteiger partial charge in [0.15, 0.2) is 5.58 Å². The lowest BCUT2D eigenvalue weighted by molar-refractivity contribution is 0.322. The molecule has 5 nitrogen and oxygen atoms in total. The van der Waals surface area contributed by atoms with Gasteiger partial charge in [-0.15, -0.1) is 0 Å². The molecule has 2 aromatic rings. The Morgan fingerprint density at radius 1 is 1.42 bits per heavy atom. The van der Waals surface area contributed by atoms with Crippen molar-refractivity contribution in [3.8, 4) is 0 Å². The minimum absolute atomic E-state index is 0.0111. The van der Waals surface area contributed by atoms with Gasteiger partial charge in [0.2, 0.25) is 0 Å². The molecule has 0 bridgehead atoms. The van der Waals surface area contributed by atoms with E-state index in [-0.39, 0.29) is 11.8 Å². The third-order valence-electron chi connectivity index (χ3n) is 4.09. The van der Waals surface area contributed by atoms with Crippen LogP contribution in [0.2, 0.25) is 0 Å². The zero-order valence-corrected chi connectivity index (χ0v) is 11.1. The van der Waals surface area contributed by atoms with E-state index < -0.39 is 0 Å². The fraction of sp³-hybridized carbons (Fsp3) is 0.500. The van der Waals surface area contributed by atoms with E-state index in [1.165, 1.54) is 4.57 Å². The molecule has 1 aromatic heterocycles. The summed E-state index contributed by atoms with van der Waals surface area (Å²) < 4.78 is 6.73. The van der Waals surface area contributed by atoms with Crippen molar-refractivity contribution in [2.75, 3.05) is 13.1 Å². The molecule has 0 amide bonds. The maximum atomic E-state index is 11.5. The quantitative estimate of drug-likeness (QED) is 0.850. The number of fused-ring (bicyclic) bond motifs is 1. The fourth-order valence-electron chi connectivity index (χ4n) is 2.83. The Labute approximate surface area is 111 Å². The first kappa shape index (κ1) is 12.4. The number of aryl methyl sites for hydroxylation is 1. The Morgan fingerprint density at radius 2 is 2.16 bits per heavy atom. The average molecular weight is 261 g/mol. The summed E-state index contributed by atoms with van der Waals surface area (Å²) in [5.41, 5.74) is 8.83. The van der Waals surface area contributed by atoms with E-state index in [0.29, 0.717) is 11.5 Å². The lowest BCUT2D eigenvalue weighted by atomic mass is 9.86. The molecule has 1 atom stereocenters. The van der Waals surface area contributed by atoms with Gasteiger partial charge in [-0.25, -0.2) is 4.79 Å². The summed E-state index contributed by atoms with van der Waals surface area (Å²) in [4.78, 5) is 11.5. The first-order valence-electron chi connectivity index (χ1n) is 6.72. The predicted octanol–water partition coefficient (Wildman–Crippen LogP) is 1.13. The van der Waals surface area contributed by atoms with Crippen molar-refractivity contribution < 1.29 is 4.42 Å². The van der Waals surface area contributed by atoms with Crippen LogP contribution in [0.1, 0.15) is 24.4 Å². The molecular formula is C14H19N3O2. The van der Waals surface area contributed by atoms with Crippen molar-refractivity contribution in [2.24, 2.45) is 18.7 Å². The van der Waals surface area contributed by atoms with Crippen LogP contribution in [-0.4, -0.2) is 17.7 Å². The van der Waals surface area contributed by atoms with Crippen LogP contribution in [0, 0.1) is 5.92 Å². The highest BCUT2D eigenvalue weighted by Crippen LogP contribution is 2.28. The van der Waals surface area contributed by atoms with Crippen LogP contribution in [0.3, 0.4) is 0 Å². The first-order chi connectivity index (χ1) is 9.16. The molecule has 1 saturated heterocycles. The number of nitrogens with zero attached hydrogens (tertiary/aromatic N) is 1. The SMILES string of the molecule is Cn1c(=O)oc2cc(C(N)C3CCNCC3)ccc21. The van der Waals surface area contributed by atoms with Crippen molar-refractivity contribution in [3.05, 3.63) is 34.3 Å². The predicted molar refractivity (Wildman–Crippen MR) is 74.0 cm³/mol. The highest BCUT2D eigenvalue weighted by molar-refractivity contribution is 5.73. The number of hydrogen-bond acceptors (Lipinski definition) is 4. The standard InChI is InChI=1S/C14H19N3O2/c1-17-11-3-2-10(8-12(11)19-14(17)18)13(15)9-4-6-16-7-5-9/h2-3,8-9,13,16H,4-7,15H2,1H3. The normalized spacial score (nSPS) is 18.8. The largest absolute Gasteiger partial charge is 0.419 e. The second kappa shape index (κ2) is 4.83. The lowest BCUT2D eigenvalue weighted by Gasteiger charge is -2.28. The van der Waals surface area contributed by atoms with Crippen molar-refractivity contribution in [3.63, 3.8) is 0 Å². The number of nitrogens with two attached hydrogens (primary N) is 1. The van der Waals surface area contributed by atoms with Gasteiger partial charge in [0.25, 0.3) is 0 Å². The van der Waals surface area contributed by atoms with Gasteiger partial charge in [-0.2, -0.15) is 0 Å². The van der Waals surface area contributed by atoms with E-state index in [2.05, 4.69) is 5.32 Å². The first-order valence-corrected chi connectivity index (χ1v) is 6.72. The maximum Gasteiger partial charge on any atom is 0.419 e. The van der Waals surface area contributed by atoms with Crippen LogP contribution in [0.15, 0.2) is 27.4 Å². The van der Waals surface area contributed by atoms with E-state index in [1.54, 1.807) is 7.05 Å². The Bertz CT molecular complexity index is 638. The number of aromatic nitrogens is 1. The molecule has 1 unspecified atom stereocenters. The molecule has 5 heteroatoms. The number of rotatable bonds is 2. The lowest BCUT2D eigenvalue weighted by Crippen LogP contribution is -2.33. The van der Waals surface area contributed by atoms with Gasteiger partial charge in [0, 0.05) is 13.1 Å². The smallest absolute Gasteiger partial charge is 0.408 e. The van der Waals surface area contributed by atoms with Crippen molar-refractivity contribution >= 4 is 11.1 Å². The molecule has 3 N–H and O–H groups in total. The van der Waals surface area contributed by atoms with Crippen molar-refractivity contribution in [1.82, 2.24) is 9.88 Å². The fourth-order valence-corrected chi connectivity index (χ4v) is 2.83. The van der Waals surface area contributed by atoms with E-state index in [0.717, 1.165) is 37.0 Å². The van der Waals surface area contributed by atoms with Gasteiger partial charge in [-0.3, -0.25) is 4.57 Å². The van der Waals surface area contributed by atoms with Gasteiger partial charge < -0.3 is 15.5 Å². The van der Waals surface area contributed by atoms with Gasteiger partial charge in [-0.05, 0) is 49.5 Å². The van der Waals surface area contributed by atoms with E-state index in [1.807, 2.05) is 18.2 Å². The van der Waals surface area contributed by atoms with Crippen LogP contribution in [0.5, 0.6) is 0 Å². The molecule has 19 heavy (non-hydrogen) atoms. The molecule has 1 aliphatic rings. The molecule has 1 aromatic carbocycles. The summed E-state index contributed by atoms with van der Waals surface area (Å²) in [5, 5.41) is 3.34. The summed E-state index contributed by atoms with van der Waals surface area (Å²) in [6, 6.07) is 5.83. The highest BCUT2D eigenvalue weighted by Gasteiger charge is 2.22. The third-order valence-corrected chi connectivity index (χ3v) is 4.09. The molecule has 2 heterocycles. The summed E-state index contributed by atoms with van der Waals surface area (Å²) in [5.74, 6) is 0.164. The van der Waals surface area contributed by atoms with Crippen LogP contribution in [0.4, 0.5) is 0 Å². The molecule has 0 aliphatic carbocycles. The Kier molecular flexibility index (Phi) is 3.16. The second-order valence-corrected chi connectivity index (χ2v) is 5.27. The number of benzene rings is 1. The summed E-state index contributed by atoms with van der Waals surface area (Å²) >= 11 is 0. The van der Waals surface area contributed by atoms with Crippen molar-refractivity contribution in [1.29, 1.82) is 0 Å². The Hall–Kier alpha value is -1.59. The number of hydrogen-bond donors (Lipinski definition) is 2. The van der Waals surface area contributed by atoms with Crippen LogP contribution in [0.25, 0.3) is 11.1 Å². The van der Waals surface area contributed by atoms with Crippen LogP contribution >= 0.6 is 0 Å². The van der Waals surface area contributed by atoms with Crippen LogP contribution < -0.4 is 16.8 Å². The third kappa shape index (κ3) is 2.19. The number of nitrogens with one attached hydrogen (secondary N) is 1. The zero-order chi connectivity index (χ0) is 13.4. The minimum atomic E-state index is -0.331. The molecule has 1 aliphatic heterocycles. The van der Waals surface area contributed by atoms with Gasteiger partial charge in [0.05, 0.1) is 5.52 Å². The summed E-state index contributed by atoms with van der Waals surface area (Å²) in [6.45, 7) is 2.06. The van der Waals surface area contributed by atoms with Gasteiger partial charge >= 0.3 is 5.76 Å². The molecule has 1 fully saturated rings. The topological polar surface area (TPSA) is 73.2 Å². The molecule has 0 spiro atoms.